The normalized spacial score (nSPS) is 28.1. The molecular formula is C75H102N16O26. The molecule has 0 spiro atoms. The zero-order valence-electron chi connectivity index (χ0n) is 64.1. The number of carbonyl (C=O) groups is 15. The van der Waals surface area contributed by atoms with E-state index in [2.05, 4.69) is 53.2 Å². The molecule has 1 saturated heterocycles. The Labute approximate surface area is 669 Å². The van der Waals surface area contributed by atoms with E-state index in [1.165, 1.54) is 31.2 Å². The van der Waals surface area contributed by atoms with Gasteiger partial charge in [-0.25, -0.2) is 9.13 Å². The predicted octanol–water partition coefficient (Wildman–Crippen LogP) is -11.8. The van der Waals surface area contributed by atoms with E-state index in [1.54, 1.807) is 43.3 Å². The molecule has 4 heterocycles. The summed E-state index contributed by atoms with van der Waals surface area (Å²) in [5.41, 5.74) is 12.4. The molecule has 14 amide bonds. The predicted molar refractivity (Wildman–Crippen MR) is 399 cm³/mol. The van der Waals surface area contributed by atoms with E-state index in [1.807, 2.05) is 41.0 Å². The van der Waals surface area contributed by atoms with Crippen LogP contribution in [0.3, 0.4) is 0 Å². The van der Waals surface area contributed by atoms with Gasteiger partial charge in [-0.15, -0.1) is 0 Å². The minimum atomic E-state index is -2.74. The summed E-state index contributed by atoms with van der Waals surface area (Å²) in [5, 5.41) is 141. The molecule has 3 aliphatic rings. The number of benzene rings is 3. The van der Waals surface area contributed by atoms with E-state index in [4.69, 9.17) is 16.2 Å². The third-order valence-corrected chi connectivity index (χ3v) is 19.9. The lowest BCUT2D eigenvalue weighted by molar-refractivity contribution is -0.697. The van der Waals surface area contributed by atoms with Crippen LogP contribution in [0.4, 0.5) is 0 Å². The standard InChI is InChI=1S/C75H102N16O26/c1-36(22-23-39-14-7-4-8-15-39)24-51(95)44-28-56(100)80-49(32-92)68(109)85-48-31-90-30-42(91(35-90)74-62(103)60(101)53(97)34-117-74)26-46(65(106)88-58(38(3)94)72(113)86-50(33-93)69(110)83-45(64(105)82-44)25-40-16-9-5-10-17-40)79-55(99)21-13-20-43(75(115)116)81-70(111)52(96)29-78-71(112)57(37(2)41-18-11-6-12-19-41)87-73(114)59(61(102)63(77)104)89-66(107)47(27-54(76)98)84-67(48)108/h4-12,14-19,30,35-38,43-53,57-62,74,92-97,101-103H,13,20-29,31-34H2,1-3H3,(H16-,76,77,78,79,80,81,82,83,84,85,86,87,88,89,98,99,100,104,105,106,107,108,109,110,111,112,113,114,115,116)/t36?,37-,38-,43-,44-,45-,46-,47-,48+,49-,50-,51-,52+,53+,57-,58-,59-,60+,61+,62-,74-/m0/s1. The number of ether oxygens (including phenoxy) is 1. The zero-order chi connectivity index (χ0) is 86.1. The summed E-state index contributed by atoms with van der Waals surface area (Å²) in [6.45, 7) is -1.16. The molecule has 1 aromatic heterocycles. The maximum atomic E-state index is 15.3. The summed E-state index contributed by atoms with van der Waals surface area (Å²) in [4.78, 5) is 214. The van der Waals surface area contributed by atoms with Crippen LogP contribution in [0.2, 0.25) is 0 Å². The summed E-state index contributed by atoms with van der Waals surface area (Å²) in [7, 11) is 0. The first kappa shape index (κ1) is 92.7. The molecule has 4 aromatic rings. The van der Waals surface area contributed by atoms with Crippen LogP contribution in [-0.2, 0) is 102 Å². The van der Waals surface area contributed by atoms with E-state index >= 15 is 9.59 Å². The number of carboxylic acid groups (broad SMARTS) is 1. The van der Waals surface area contributed by atoms with Gasteiger partial charge in [0.2, 0.25) is 89.3 Å². The highest BCUT2D eigenvalue weighted by atomic mass is 16.5. The van der Waals surface area contributed by atoms with Gasteiger partial charge in [-0.3, -0.25) is 67.1 Å². The molecule has 3 aromatic carbocycles. The Kier molecular flexibility index (Phi) is 34.9. The second-order valence-electron chi connectivity index (χ2n) is 29.1. The van der Waals surface area contributed by atoms with Gasteiger partial charge in [-0.2, -0.15) is 0 Å². The third-order valence-electron chi connectivity index (χ3n) is 19.9. The number of aliphatic hydroxyl groups excluding tert-OH is 9. The SMILES string of the molecule is CC(CCc1ccccc1)C[C@H](O)[C@@H]1CC(=O)N[C@@H](CO)C(=O)N[C@@H]2C[n+]3cc(n([C@H]4OC[C@@H](O)[C@@H](O)[C@@H]4O)c3)C[C@H](NC(=O)CCC[C@@H](C(=O)[O-])NC(=O)[C@H](O)CNC(=O)[C@H]([C@@H](C)c3ccccc3)NC(=O)[C@H]([C@@H](O)C(N)=O)NC(=O)[C@H](CC(N)=O)NC2=O)C(=O)N[C@@H]([C@H](C)O)C(=O)N[C@@H](CO)C(=O)N[C@@H](Cc2ccccc2)C(=O)N1. The Morgan fingerprint density at radius 2 is 1.14 bits per heavy atom. The Balaban J connectivity index is 1.41. The Hall–Kier alpha value is -11.5. The average Bonchev–Trinajstić information content (AvgIpc) is 1.66. The number of rotatable bonds is 19. The number of fused-ring (bicyclic) bond motifs is 2. The van der Waals surface area contributed by atoms with Crippen molar-refractivity contribution < 1.29 is 132 Å². The molecule has 638 valence electrons. The highest BCUT2D eigenvalue weighted by Gasteiger charge is 2.46. The van der Waals surface area contributed by atoms with Crippen molar-refractivity contribution >= 4 is 88.7 Å². The molecule has 21 atom stereocenters. The molecular weight excluding hydrogens is 1540 g/mol. The number of aryl methyl sites for hydroxylation is 1. The second kappa shape index (κ2) is 44.0. The van der Waals surface area contributed by atoms with Crippen molar-refractivity contribution in [2.75, 3.05) is 26.4 Å². The van der Waals surface area contributed by atoms with Crippen molar-refractivity contribution in [1.29, 1.82) is 0 Å². The van der Waals surface area contributed by atoms with Gasteiger partial charge in [0.05, 0.1) is 63.0 Å². The molecule has 0 saturated carbocycles. The van der Waals surface area contributed by atoms with Crippen molar-refractivity contribution in [2.24, 2.45) is 17.4 Å². The van der Waals surface area contributed by atoms with Gasteiger partial charge in [-0.05, 0) is 61.6 Å². The number of β-amino-alcohol motifs (C(OH)–C–C–N with tert-alkyl or cyclic N) is 1. The summed E-state index contributed by atoms with van der Waals surface area (Å²) < 4.78 is 7.77. The summed E-state index contributed by atoms with van der Waals surface area (Å²) in [6.07, 6.45) is -18.9. The molecule has 0 aliphatic carbocycles. The van der Waals surface area contributed by atoms with Crippen LogP contribution in [0.5, 0.6) is 0 Å². The minimum absolute atomic E-state index is 0.118. The summed E-state index contributed by atoms with van der Waals surface area (Å²) in [6, 6.07) is 1.96. The number of aromatic nitrogens is 2. The van der Waals surface area contributed by atoms with Crippen molar-refractivity contribution in [3.05, 3.63) is 126 Å². The van der Waals surface area contributed by atoms with Crippen LogP contribution < -0.4 is 84.9 Å². The van der Waals surface area contributed by atoms with E-state index in [-0.39, 0.29) is 24.5 Å². The maximum absolute atomic E-state index is 15.3. The zero-order valence-corrected chi connectivity index (χ0v) is 64.1. The molecule has 42 heteroatoms. The van der Waals surface area contributed by atoms with Crippen LogP contribution in [0, 0.1) is 5.92 Å². The first-order valence-electron chi connectivity index (χ1n) is 37.7. The number of nitrogens with one attached hydrogen (secondary N) is 12. The number of amides is 14. The smallest absolute Gasteiger partial charge is 0.251 e. The van der Waals surface area contributed by atoms with Crippen LogP contribution in [0.25, 0.3) is 0 Å². The Morgan fingerprint density at radius 3 is 1.75 bits per heavy atom. The number of aliphatic hydroxyl groups is 9. The lowest BCUT2D eigenvalue weighted by atomic mass is 9.91. The number of primary amides is 2. The number of aliphatic carboxylic acids is 1. The topological polar surface area (TPSA) is 676 Å². The molecule has 25 N–H and O–H groups in total. The van der Waals surface area contributed by atoms with Gasteiger partial charge in [-0.1, -0.05) is 105 Å². The number of hydrogen-bond donors (Lipinski definition) is 23. The number of nitrogens with two attached hydrogens (primary N) is 2. The van der Waals surface area contributed by atoms with E-state index < -0.39 is 281 Å². The number of carbonyl (C=O) groups excluding carboxylic acids is 15. The van der Waals surface area contributed by atoms with Crippen molar-refractivity contribution in [3.8, 4) is 0 Å². The second-order valence-corrected chi connectivity index (χ2v) is 29.1. The lowest BCUT2D eigenvalue weighted by Crippen LogP contribution is -2.64. The molecule has 3 aliphatic heterocycles. The molecule has 42 nitrogen and oxygen atoms in total. The first-order chi connectivity index (χ1) is 55.5. The molecule has 117 heavy (non-hydrogen) atoms. The summed E-state index contributed by atoms with van der Waals surface area (Å²) >= 11 is 0. The number of carboxylic acids is 1. The quantitative estimate of drug-likeness (QED) is 0.0388. The summed E-state index contributed by atoms with van der Waals surface area (Å²) in [5.74, 6) is -22.9. The van der Waals surface area contributed by atoms with Gasteiger partial charge in [0.1, 0.15) is 97.2 Å². The minimum Gasteiger partial charge on any atom is -0.548 e. The average molecular weight is 1640 g/mol. The number of hydrogen-bond acceptors (Lipinski definition) is 26. The van der Waals surface area contributed by atoms with E-state index in [0.717, 1.165) is 34.1 Å². The molecule has 0 radical (unpaired) electrons. The maximum Gasteiger partial charge on any atom is 0.251 e. The Bertz CT molecular complexity index is 4150. The van der Waals surface area contributed by atoms with Gasteiger partial charge >= 0.3 is 0 Å². The Morgan fingerprint density at radius 1 is 0.581 bits per heavy atom. The molecule has 7 rings (SSSR count). The lowest BCUT2D eigenvalue weighted by Gasteiger charge is -2.33. The van der Waals surface area contributed by atoms with Crippen molar-refractivity contribution in [1.82, 2.24) is 68.4 Å². The largest absolute Gasteiger partial charge is 0.548 e. The van der Waals surface area contributed by atoms with Crippen LogP contribution in [-0.4, -0.2) is 275 Å². The molecule has 4 bridgehead atoms. The van der Waals surface area contributed by atoms with Gasteiger partial charge in [0.25, 0.3) is 5.91 Å². The fourth-order valence-electron chi connectivity index (χ4n) is 13.2. The van der Waals surface area contributed by atoms with Crippen molar-refractivity contribution in [2.45, 2.75) is 213 Å². The fraction of sp³-hybridized carbons (Fsp3) is 0.520. The van der Waals surface area contributed by atoms with E-state index in [0.29, 0.717) is 24.0 Å². The monoisotopic (exact) mass is 1640 g/mol. The van der Waals surface area contributed by atoms with E-state index in [9.17, 15) is 113 Å². The molecule has 1 fully saturated rings. The van der Waals surface area contributed by atoms with Gasteiger partial charge in [0.15, 0.2) is 6.10 Å². The first-order valence-corrected chi connectivity index (χ1v) is 37.7. The van der Waals surface area contributed by atoms with Crippen LogP contribution in [0.1, 0.15) is 100 Å². The number of imidazole rings is 1. The number of nitrogens with zero attached hydrogens (tertiary/aromatic N) is 2. The molecule has 1 unspecified atom stereocenters. The highest BCUT2D eigenvalue weighted by molar-refractivity contribution is 6.01. The van der Waals surface area contributed by atoms with Gasteiger partial charge < -0.3 is 136 Å². The van der Waals surface area contributed by atoms with Gasteiger partial charge in [0, 0.05) is 31.6 Å². The van der Waals surface area contributed by atoms with Crippen molar-refractivity contribution in [3.63, 3.8) is 0 Å². The highest BCUT2D eigenvalue weighted by Crippen LogP contribution is 2.27. The van der Waals surface area contributed by atoms with Crippen LogP contribution in [0.15, 0.2) is 104 Å². The van der Waals surface area contributed by atoms with Crippen LogP contribution >= 0.6 is 0 Å². The third kappa shape index (κ3) is 27.1. The fourth-order valence-corrected chi connectivity index (χ4v) is 13.2.